The monoisotopic (exact) mass is 240 g/mol. The summed E-state index contributed by atoms with van der Waals surface area (Å²) in [6.07, 6.45) is 5.92. The lowest BCUT2D eigenvalue weighted by Gasteiger charge is -2.55. The standard InChI is InChI=1S/C15H28O2/c1-4-5-13-10(2)15(3)7-6-12(16)8-11(15)9-14(13)17/h10-14,16-17H,4-9H2,1-3H3/t10?,11-,12+,13+,14?,15?/m0/s1. The van der Waals surface area contributed by atoms with Gasteiger partial charge < -0.3 is 10.2 Å². The van der Waals surface area contributed by atoms with Crippen LogP contribution >= 0.6 is 0 Å². The highest BCUT2D eigenvalue weighted by atomic mass is 16.3. The molecule has 2 aliphatic carbocycles. The summed E-state index contributed by atoms with van der Waals surface area (Å²) in [5, 5.41) is 20.2. The van der Waals surface area contributed by atoms with Crippen molar-refractivity contribution in [3.63, 3.8) is 0 Å². The van der Waals surface area contributed by atoms with Gasteiger partial charge in [0.15, 0.2) is 0 Å². The first-order chi connectivity index (χ1) is 7.99. The Bertz CT molecular complexity index is 266. The number of hydrogen-bond acceptors (Lipinski definition) is 2. The molecular formula is C15H28O2. The third-order valence-corrected chi connectivity index (χ3v) is 5.83. The Labute approximate surface area is 105 Å². The molecule has 2 heteroatoms. The fraction of sp³-hybridized carbons (Fsp3) is 1.00. The van der Waals surface area contributed by atoms with Crippen molar-refractivity contribution in [3.05, 3.63) is 0 Å². The van der Waals surface area contributed by atoms with Gasteiger partial charge in [-0.3, -0.25) is 0 Å². The predicted octanol–water partition coefficient (Wildman–Crippen LogP) is 2.97. The molecule has 0 aromatic heterocycles. The number of aliphatic hydroxyl groups is 2. The highest BCUT2D eigenvalue weighted by Gasteiger charge is 2.51. The van der Waals surface area contributed by atoms with E-state index in [1.165, 1.54) is 0 Å². The largest absolute Gasteiger partial charge is 0.393 e. The van der Waals surface area contributed by atoms with Crippen molar-refractivity contribution in [2.45, 2.75) is 71.5 Å². The molecule has 0 radical (unpaired) electrons. The van der Waals surface area contributed by atoms with E-state index >= 15 is 0 Å². The summed E-state index contributed by atoms with van der Waals surface area (Å²) >= 11 is 0. The van der Waals surface area contributed by atoms with Crippen LogP contribution in [-0.2, 0) is 0 Å². The van der Waals surface area contributed by atoms with Crippen LogP contribution in [0.3, 0.4) is 0 Å². The molecule has 2 aliphatic rings. The zero-order valence-electron chi connectivity index (χ0n) is 11.5. The van der Waals surface area contributed by atoms with Gasteiger partial charge in [0.05, 0.1) is 12.2 Å². The van der Waals surface area contributed by atoms with Gasteiger partial charge in [-0.25, -0.2) is 0 Å². The Morgan fingerprint density at radius 3 is 2.59 bits per heavy atom. The number of aliphatic hydroxyl groups excluding tert-OH is 2. The first-order valence-corrected chi connectivity index (χ1v) is 7.35. The van der Waals surface area contributed by atoms with Gasteiger partial charge in [-0.2, -0.15) is 0 Å². The van der Waals surface area contributed by atoms with E-state index in [-0.39, 0.29) is 12.2 Å². The van der Waals surface area contributed by atoms with Crippen molar-refractivity contribution in [2.24, 2.45) is 23.2 Å². The zero-order valence-corrected chi connectivity index (χ0v) is 11.5. The molecular weight excluding hydrogens is 212 g/mol. The average Bonchev–Trinajstić information content (AvgIpc) is 2.28. The summed E-state index contributed by atoms with van der Waals surface area (Å²) in [6, 6.07) is 0. The van der Waals surface area contributed by atoms with Crippen molar-refractivity contribution in [1.29, 1.82) is 0 Å². The van der Waals surface area contributed by atoms with E-state index in [4.69, 9.17) is 0 Å². The second-order valence-electron chi connectivity index (χ2n) is 6.68. The zero-order chi connectivity index (χ0) is 12.6. The molecule has 0 amide bonds. The van der Waals surface area contributed by atoms with Crippen LogP contribution in [0.15, 0.2) is 0 Å². The van der Waals surface area contributed by atoms with Gasteiger partial charge in [0.25, 0.3) is 0 Å². The van der Waals surface area contributed by atoms with E-state index in [1.54, 1.807) is 0 Å². The third-order valence-electron chi connectivity index (χ3n) is 5.83. The molecule has 2 nitrogen and oxygen atoms in total. The first kappa shape index (κ1) is 13.4. The fourth-order valence-corrected chi connectivity index (χ4v) is 4.43. The second-order valence-corrected chi connectivity index (χ2v) is 6.68. The summed E-state index contributed by atoms with van der Waals surface area (Å²) < 4.78 is 0. The predicted molar refractivity (Wildman–Crippen MR) is 69.6 cm³/mol. The maximum Gasteiger partial charge on any atom is 0.0574 e. The average molecular weight is 240 g/mol. The minimum atomic E-state index is -0.145. The van der Waals surface area contributed by atoms with Crippen LogP contribution in [0, 0.1) is 23.2 Å². The van der Waals surface area contributed by atoms with Gasteiger partial charge in [-0.1, -0.05) is 27.2 Å². The van der Waals surface area contributed by atoms with E-state index in [2.05, 4.69) is 20.8 Å². The summed E-state index contributed by atoms with van der Waals surface area (Å²) in [5.41, 5.74) is 0.346. The van der Waals surface area contributed by atoms with Gasteiger partial charge in [-0.05, 0) is 55.3 Å². The van der Waals surface area contributed by atoms with Crippen LogP contribution in [-0.4, -0.2) is 22.4 Å². The van der Waals surface area contributed by atoms with Crippen LogP contribution in [0.4, 0.5) is 0 Å². The molecule has 100 valence electrons. The van der Waals surface area contributed by atoms with Crippen molar-refractivity contribution in [2.75, 3.05) is 0 Å². The molecule has 0 aromatic rings. The van der Waals surface area contributed by atoms with Crippen LogP contribution in [0.25, 0.3) is 0 Å². The summed E-state index contributed by atoms with van der Waals surface area (Å²) in [4.78, 5) is 0. The van der Waals surface area contributed by atoms with Crippen molar-refractivity contribution < 1.29 is 10.2 Å². The van der Waals surface area contributed by atoms with E-state index in [0.29, 0.717) is 23.2 Å². The molecule has 0 heterocycles. The van der Waals surface area contributed by atoms with Gasteiger partial charge in [0, 0.05) is 0 Å². The molecule has 0 bridgehead atoms. The van der Waals surface area contributed by atoms with Crippen molar-refractivity contribution >= 4 is 0 Å². The fourth-order valence-electron chi connectivity index (χ4n) is 4.43. The highest BCUT2D eigenvalue weighted by molar-refractivity contribution is 5.00. The Kier molecular flexibility index (Phi) is 3.84. The molecule has 2 fully saturated rings. The lowest BCUT2D eigenvalue weighted by Crippen LogP contribution is -2.51. The van der Waals surface area contributed by atoms with Gasteiger partial charge in [0.2, 0.25) is 0 Å². The van der Waals surface area contributed by atoms with Crippen LogP contribution in [0.1, 0.15) is 59.3 Å². The number of fused-ring (bicyclic) bond motifs is 1. The Morgan fingerprint density at radius 2 is 1.94 bits per heavy atom. The van der Waals surface area contributed by atoms with Crippen LogP contribution < -0.4 is 0 Å². The maximum atomic E-state index is 10.3. The molecule has 2 N–H and O–H groups in total. The highest BCUT2D eigenvalue weighted by Crippen LogP contribution is 2.55. The molecule has 17 heavy (non-hydrogen) atoms. The number of rotatable bonds is 2. The summed E-state index contributed by atoms with van der Waals surface area (Å²) in [7, 11) is 0. The normalized spacial score (nSPS) is 51.0. The van der Waals surface area contributed by atoms with Crippen molar-refractivity contribution in [1.82, 2.24) is 0 Å². The van der Waals surface area contributed by atoms with E-state index in [1.807, 2.05) is 0 Å². The summed E-state index contributed by atoms with van der Waals surface area (Å²) in [6.45, 7) is 6.93. The molecule has 2 rings (SSSR count). The van der Waals surface area contributed by atoms with Crippen LogP contribution in [0.5, 0.6) is 0 Å². The van der Waals surface area contributed by atoms with Gasteiger partial charge in [0.1, 0.15) is 0 Å². The summed E-state index contributed by atoms with van der Waals surface area (Å²) in [5.74, 6) is 1.57. The van der Waals surface area contributed by atoms with E-state index in [9.17, 15) is 10.2 Å². The smallest absolute Gasteiger partial charge is 0.0574 e. The third kappa shape index (κ3) is 2.26. The van der Waals surface area contributed by atoms with Gasteiger partial charge in [-0.15, -0.1) is 0 Å². The molecule has 2 saturated carbocycles. The number of hydrogen-bond donors (Lipinski definition) is 2. The first-order valence-electron chi connectivity index (χ1n) is 7.35. The minimum absolute atomic E-state index is 0.129. The molecule has 0 saturated heterocycles. The molecule has 0 aliphatic heterocycles. The quantitative estimate of drug-likeness (QED) is 0.779. The van der Waals surface area contributed by atoms with Gasteiger partial charge >= 0.3 is 0 Å². The van der Waals surface area contributed by atoms with E-state index < -0.39 is 0 Å². The maximum absolute atomic E-state index is 10.3. The Balaban J connectivity index is 2.16. The van der Waals surface area contributed by atoms with Crippen molar-refractivity contribution in [3.8, 4) is 0 Å². The lowest BCUT2D eigenvalue weighted by molar-refractivity contribution is -0.116. The molecule has 0 spiro atoms. The minimum Gasteiger partial charge on any atom is -0.393 e. The van der Waals surface area contributed by atoms with E-state index in [0.717, 1.165) is 38.5 Å². The molecule has 6 atom stereocenters. The second kappa shape index (κ2) is 4.89. The Morgan fingerprint density at radius 1 is 1.24 bits per heavy atom. The Hall–Kier alpha value is -0.0800. The lowest BCUT2D eigenvalue weighted by atomic mass is 9.51. The topological polar surface area (TPSA) is 40.5 Å². The molecule has 3 unspecified atom stereocenters. The SMILES string of the molecule is CCC[C@H]1C(O)C[C@@H]2C[C@H](O)CCC2(C)C1C. The van der Waals surface area contributed by atoms with Crippen LogP contribution in [0.2, 0.25) is 0 Å². The molecule has 0 aromatic carbocycles.